The number of imide groups is 1. The number of amides is 2. The lowest BCUT2D eigenvalue weighted by atomic mass is 10.1. The Kier molecular flexibility index (Phi) is 4.81. The van der Waals surface area contributed by atoms with E-state index in [9.17, 15) is 27.9 Å². The molecule has 2 aliphatic rings. The number of aliphatic hydroxyl groups excluding tert-OH is 1. The van der Waals surface area contributed by atoms with Crippen LogP contribution in [0.15, 0.2) is 24.3 Å². The Morgan fingerprint density at radius 1 is 1.20 bits per heavy atom. The van der Waals surface area contributed by atoms with Gasteiger partial charge in [0, 0.05) is 19.6 Å². The number of carbonyl (C=O) groups is 2. The molecule has 1 aromatic rings. The molecule has 1 N–H and O–H groups in total. The standard InChI is InChI=1S/C16H17F3N2O4/c17-16(18,19)13(22)9-20-5-6-25-10(7-20)8-21-14(23)11-3-1-2-4-12(11)15(21)24/h1-4,10,13,22H,5-9H2/t10-,13-/m0/s1. The van der Waals surface area contributed by atoms with E-state index >= 15 is 0 Å². The SMILES string of the molecule is O=C1c2ccccc2C(=O)N1C[C@@H]1CN(C[C@H](O)C(F)(F)F)CCO1. The minimum Gasteiger partial charge on any atom is -0.382 e. The van der Waals surface area contributed by atoms with Crippen LogP contribution in [0.1, 0.15) is 20.7 Å². The van der Waals surface area contributed by atoms with Crippen LogP contribution in [0, 0.1) is 0 Å². The molecule has 2 atom stereocenters. The predicted molar refractivity (Wildman–Crippen MR) is 80.1 cm³/mol. The first-order valence-electron chi connectivity index (χ1n) is 7.81. The Balaban J connectivity index is 1.62. The van der Waals surface area contributed by atoms with Gasteiger partial charge in [0.2, 0.25) is 0 Å². The van der Waals surface area contributed by atoms with Crippen molar-refractivity contribution >= 4 is 11.8 Å². The van der Waals surface area contributed by atoms with E-state index in [1.54, 1.807) is 24.3 Å². The number of rotatable bonds is 4. The van der Waals surface area contributed by atoms with Gasteiger partial charge in [-0.15, -0.1) is 0 Å². The number of benzene rings is 1. The number of ether oxygens (including phenoxy) is 1. The fourth-order valence-corrected chi connectivity index (χ4v) is 3.01. The van der Waals surface area contributed by atoms with Gasteiger partial charge in [0.15, 0.2) is 6.10 Å². The number of nitrogens with zero attached hydrogens (tertiary/aromatic N) is 2. The van der Waals surface area contributed by atoms with Gasteiger partial charge in [-0.2, -0.15) is 13.2 Å². The van der Waals surface area contributed by atoms with Gasteiger partial charge >= 0.3 is 6.18 Å². The summed E-state index contributed by atoms with van der Waals surface area (Å²) >= 11 is 0. The van der Waals surface area contributed by atoms with Crippen LogP contribution in [0.4, 0.5) is 13.2 Å². The monoisotopic (exact) mass is 358 g/mol. The van der Waals surface area contributed by atoms with Crippen molar-refractivity contribution in [2.75, 3.05) is 32.8 Å². The molecule has 9 heteroatoms. The molecule has 1 fully saturated rings. The van der Waals surface area contributed by atoms with Gasteiger partial charge in [-0.25, -0.2) is 0 Å². The minimum atomic E-state index is -4.68. The Morgan fingerprint density at radius 3 is 2.36 bits per heavy atom. The van der Waals surface area contributed by atoms with Crippen LogP contribution in [0.5, 0.6) is 0 Å². The molecule has 2 heterocycles. The summed E-state index contributed by atoms with van der Waals surface area (Å²) in [5.74, 6) is -0.867. The van der Waals surface area contributed by atoms with Crippen molar-refractivity contribution in [1.82, 2.24) is 9.80 Å². The van der Waals surface area contributed by atoms with Crippen LogP contribution in [-0.4, -0.2) is 77.9 Å². The van der Waals surface area contributed by atoms with E-state index in [-0.39, 0.29) is 26.2 Å². The van der Waals surface area contributed by atoms with Crippen molar-refractivity contribution in [3.8, 4) is 0 Å². The zero-order valence-corrected chi connectivity index (χ0v) is 13.2. The maximum Gasteiger partial charge on any atom is 0.415 e. The molecule has 1 saturated heterocycles. The summed E-state index contributed by atoms with van der Waals surface area (Å²) in [6.45, 7) is -0.0961. The molecule has 136 valence electrons. The van der Waals surface area contributed by atoms with Crippen LogP contribution in [0.25, 0.3) is 0 Å². The maximum atomic E-state index is 12.5. The molecular formula is C16H17F3N2O4. The lowest BCUT2D eigenvalue weighted by molar-refractivity contribution is -0.211. The van der Waals surface area contributed by atoms with Gasteiger partial charge in [0.25, 0.3) is 11.8 Å². The quantitative estimate of drug-likeness (QED) is 0.810. The van der Waals surface area contributed by atoms with Gasteiger partial charge in [-0.3, -0.25) is 19.4 Å². The average Bonchev–Trinajstić information content (AvgIpc) is 2.80. The second kappa shape index (κ2) is 6.74. The summed E-state index contributed by atoms with van der Waals surface area (Å²) < 4.78 is 42.9. The zero-order valence-electron chi connectivity index (χ0n) is 13.2. The molecule has 0 saturated carbocycles. The van der Waals surface area contributed by atoms with Crippen LogP contribution in [0.3, 0.4) is 0 Å². The van der Waals surface area contributed by atoms with E-state index in [1.807, 2.05) is 0 Å². The largest absolute Gasteiger partial charge is 0.415 e. The van der Waals surface area contributed by atoms with Gasteiger partial charge in [0.1, 0.15) is 0 Å². The highest BCUT2D eigenvalue weighted by Crippen LogP contribution is 2.24. The third kappa shape index (κ3) is 3.68. The summed E-state index contributed by atoms with van der Waals surface area (Å²) in [5, 5.41) is 9.18. The Bertz CT molecular complexity index is 645. The zero-order chi connectivity index (χ0) is 18.2. The molecule has 3 rings (SSSR count). The van der Waals surface area contributed by atoms with Crippen molar-refractivity contribution in [1.29, 1.82) is 0 Å². The second-order valence-electron chi connectivity index (χ2n) is 6.08. The molecule has 0 aromatic heterocycles. The van der Waals surface area contributed by atoms with E-state index in [2.05, 4.69) is 0 Å². The number of morpholine rings is 1. The number of alkyl halides is 3. The smallest absolute Gasteiger partial charge is 0.382 e. The van der Waals surface area contributed by atoms with E-state index in [1.165, 1.54) is 4.90 Å². The molecule has 0 unspecified atom stereocenters. The van der Waals surface area contributed by atoms with Crippen molar-refractivity contribution in [3.63, 3.8) is 0 Å². The molecule has 1 aromatic carbocycles. The first-order valence-corrected chi connectivity index (χ1v) is 7.81. The molecule has 0 aliphatic carbocycles. The molecule has 25 heavy (non-hydrogen) atoms. The van der Waals surface area contributed by atoms with Crippen molar-refractivity contribution in [2.45, 2.75) is 18.4 Å². The molecule has 0 radical (unpaired) electrons. The minimum absolute atomic E-state index is 0.0367. The summed E-state index contributed by atoms with van der Waals surface area (Å²) in [5.41, 5.74) is 0.625. The van der Waals surface area contributed by atoms with Crippen LogP contribution >= 0.6 is 0 Å². The highest BCUT2D eigenvalue weighted by molar-refractivity contribution is 6.21. The third-order valence-electron chi connectivity index (χ3n) is 4.30. The molecule has 0 spiro atoms. The van der Waals surface area contributed by atoms with Crippen molar-refractivity contribution in [2.24, 2.45) is 0 Å². The Morgan fingerprint density at radius 2 is 1.80 bits per heavy atom. The van der Waals surface area contributed by atoms with Gasteiger partial charge < -0.3 is 9.84 Å². The molecule has 0 bridgehead atoms. The molecular weight excluding hydrogens is 341 g/mol. The van der Waals surface area contributed by atoms with Gasteiger partial charge in [-0.05, 0) is 12.1 Å². The normalized spacial score (nSPS) is 23.0. The number of carbonyl (C=O) groups excluding carboxylic acids is 2. The average molecular weight is 358 g/mol. The predicted octanol–water partition coefficient (Wildman–Crippen LogP) is 0.907. The highest BCUT2D eigenvalue weighted by Gasteiger charge is 2.41. The number of aliphatic hydroxyl groups is 1. The topological polar surface area (TPSA) is 70.1 Å². The first-order chi connectivity index (χ1) is 11.8. The van der Waals surface area contributed by atoms with Crippen LogP contribution in [-0.2, 0) is 4.74 Å². The van der Waals surface area contributed by atoms with Gasteiger partial charge in [-0.1, -0.05) is 12.1 Å². The molecule has 2 aliphatic heterocycles. The van der Waals surface area contributed by atoms with Crippen molar-refractivity contribution < 1.29 is 32.6 Å². The maximum absolute atomic E-state index is 12.5. The number of hydrogen-bond donors (Lipinski definition) is 1. The van der Waals surface area contributed by atoms with Crippen molar-refractivity contribution in [3.05, 3.63) is 35.4 Å². The molecule has 6 nitrogen and oxygen atoms in total. The number of hydrogen-bond acceptors (Lipinski definition) is 5. The lowest BCUT2D eigenvalue weighted by Gasteiger charge is -2.35. The fraction of sp³-hybridized carbons (Fsp3) is 0.500. The summed E-state index contributed by atoms with van der Waals surface area (Å²) in [4.78, 5) is 27.1. The molecule has 2 amide bonds. The van der Waals surface area contributed by atoms with E-state index in [0.29, 0.717) is 11.1 Å². The third-order valence-corrected chi connectivity index (χ3v) is 4.30. The first kappa shape index (κ1) is 17.8. The fourth-order valence-electron chi connectivity index (χ4n) is 3.01. The van der Waals surface area contributed by atoms with E-state index in [0.717, 1.165) is 4.90 Å². The van der Waals surface area contributed by atoms with E-state index in [4.69, 9.17) is 4.74 Å². The summed E-state index contributed by atoms with van der Waals surface area (Å²) in [6.07, 6.45) is -7.72. The number of fused-ring (bicyclic) bond motifs is 1. The van der Waals surface area contributed by atoms with Gasteiger partial charge in [0.05, 0.1) is 30.4 Å². The summed E-state index contributed by atoms with van der Waals surface area (Å²) in [6, 6.07) is 6.43. The Labute approximate surface area is 141 Å². The lowest BCUT2D eigenvalue weighted by Crippen LogP contribution is -2.52. The number of halogens is 3. The Hall–Kier alpha value is -1.97. The number of β-amino-alcohol motifs (C(OH)–C–C–N with tert-alkyl or cyclic N) is 1. The second-order valence-corrected chi connectivity index (χ2v) is 6.08. The highest BCUT2D eigenvalue weighted by atomic mass is 19.4. The van der Waals surface area contributed by atoms with Crippen LogP contribution < -0.4 is 0 Å². The van der Waals surface area contributed by atoms with Crippen LogP contribution in [0.2, 0.25) is 0 Å². The summed E-state index contributed by atoms with van der Waals surface area (Å²) in [7, 11) is 0. The van der Waals surface area contributed by atoms with E-state index < -0.39 is 36.7 Å².